The summed E-state index contributed by atoms with van der Waals surface area (Å²) in [7, 11) is 1.47. The quantitative estimate of drug-likeness (QED) is 0.751. The number of methoxy groups -OCH3 is 1. The van der Waals surface area contributed by atoms with Crippen molar-refractivity contribution in [1.82, 2.24) is 9.97 Å². The fourth-order valence-corrected chi connectivity index (χ4v) is 2.44. The fraction of sp³-hybridized carbons (Fsp3) is 0.176. The van der Waals surface area contributed by atoms with Crippen LogP contribution in [-0.4, -0.2) is 28.7 Å². The van der Waals surface area contributed by atoms with Crippen LogP contribution >= 0.6 is 0 Å². The molecule has 5 nitrogen and oxygen atoms in total. The van der Waals surface area contributed by atoms with Crippen LogP contribution in [0.2, 0.25) is 0 Å². The molecular formula is C17H15F2N3O2. The number of ether oxygens (including phenoxy) is 1. The number of rotatable bonds is 5. The Hall–Kier alpha value is -2.96. The van der Waals surface area contributed by atoms with E-state index >= 15 is 0 Å². The van der Waals surface area contributed by atoms with Crippen LogP contribution in [-0.2, 0) is 6.42 Å². The third kappa shape index (κ3) is 3.05. The lowest BCUT2D eigenvalue weighted by Crippen LogP contribution is -2.08. The maximum Gasteiger partial charge on any atom is 0.160 e. The molecule has 24 heavy (non-hydrogen) atoms. The number of aromatic hydroxyl groups is 1. The molecule has 2 N–H and O–H groups in total. The van der Waals surface area contributed by atoms with Crippen molar-refractivity contribution in [3.63, 3.8) is 0 Å². The molecule has 0 saturated carbocycles. The van der Waals surface area contributed by atoms with Gasteiger partial charge in [-0.25, -0.2) is 18.7 Å². The van der Waals surface area contributed by atoms with Crippen LogP contribution in [0, 0.1) is 11.6 Å². The van der Waals surface area contributed by atoms with Gasteiger partial charge < -0.3 is 15.2 Å². The van der Waals surface area contributed by atoms with E-state index < -0.39 is 11.6 Å². The first kappa shape index (κ1) is 15.9. The summed E-state index contributed by atoms with van der Waals surface area (Å²) >= 11 is 0. The van der Waals surface area contributed by atoms with Gasteiger partial charge in [-0.2, -0.15) is 0 Å². The molecule has 0 aliphatic carbocycles. The maximum atomic E-state index is 14.0. The van der Waals surface area contributed by atoms with Gasteiger partial charge in [0, 0.05) is 6.54 Å². The van der Waals surface area contributed by atoms with Crippen molar-refractivity contribution in [3.8, 4) is 11.5 Å². The van der Waals surface area contributed by atoms with Crippen molar-refractivity contribution in [2.24, 2.45) is 0 Å². The Kier molecular flexibility index (Phi) is 4.41. The highest BCUT2D eigenvalue weighted by Crippen LogP contribution is 2.27. The van der Waals surface area contributed by atoms with Gasteiger partial charge in [-0.15, -0.1) is 0 Å². The summed E-state index contributed by atoms with van der Waals surface area (Å²) in [5.41, 5.74) is 0.862. The van der Waals surface area contributed by atoms with Gasteiger partial charge in [-0.1, -0.05) is 6.07 Å². The standard InChI is InChI=1S/C17H15F2N3O2/c1-24-14-8-10(2-5-13(14)23)6-7-20-17-15-11(18)3-4-12(19)16(15)21-9-22-17/h2-5,8-9,23H,6-7H2,1H3,(H,20,21,22). The minimum Gasteiger partial charge on any atom is -0.504 e. The Morgan fingerprint density at radius 2 is 1.92 bits per heavy atom. The van der Waals surface area contributed by atoms with Crippen molar-refractivity contribution in [3.05, 3.63) is 53.9 Å². The van der Waals surface area contributed by atoms with E-state index in [0.29, 0.717) is 18.7 Å². The minimum absolute atomic E-state index is 0.0285. The molecule has 0 fully saturated rings. The number of halogens is 2. The van der Waals surface area contributed by atoms with Crippen molar-refractivity contribution >= 4 is 16.7 Å². The second kappa shape index (κ2) is 6.66. The van der Waals surface area contributed by atoms with E-state index in [9.17, 15) is 13.9 Å². The highest BCUT2D eigenvalue weighted by atomic mass is 19.1. The lowest BCUT2D eigenvalue weighted by Gasteiger charge is -2.10. The van der Waals surface area contributed by atoms with Gasteiger partial charge >= 0.3 is 0 Å². The molecule has 0 amide bonds. The molecule has 2 aromatic carbocycles. The number of nitrogens with zero attached hydrogens (tertiary/aromatic N) is 2. The molecule has 1 aromatic heterocycles. The van der Waals surface area contributed by atoms with Gasteiger partial charge in [-0.05, 0) is 36.2 Å². The number of benzene rings is 2. The first-order valence-corrected chi connectivity index (χ1v) is 7.28. The Morgan fingerprint density at radius 1 is 1.12 bits per heavy atom. The predicted octanol–water partition coefficient (Wildman–Crippen LogP) is 3.28. The lowest BCUT2D eigenvalue weighted by molar-refractivity contribution is 0.373. The second-order valence-electron chi connectivity index (χ2n) is 5.16. The largest absolute Gasteiger partial charge is 0.504 e. The molecule has 3 rings (SSSR count). The summed E-state index contributed by atoms with van der Waals surface area (Å²) in [4.78, 5) is 7.78. The monoisotopic (exact) mass is 331 g/mol. The predicted molar refractivity (Wildman–Crippen MR) is 86.3 cm³/mol. The van der Waals surface area contributed by atoms with Gasteiger partial charge in [0.15, 0.2) is 11.5 Å². The van der Waals surface area contributed by atoms with Crippen molar-refractivity contribution in [1.29, 1.82) is 0 Å². The molecule has 0 unspecified atom stereocenters. The van der Waals surface area contributed by atoms with E-state index in [1.165, 1.54) is 13.4 Å². The highest BCUT2D eigenvalue weighted by molar-refractivity contribution is 5.89. The Balaban J connectivity index is 1.78. The molecule has 1 heterocycles. The highest BCUT2D eigenvalue weighted by Gasteiger charge is 2.12. The fourth-order valence-electron chi connectivity index (χ4n) is 2.44. The molecule has 0 atom stereocenters. The minimum atomic E-state index is -0.597. The topological polar surface area (TPSA) is 67.3 Å². The van der Waals surface area contributed by atoms with Gasteiger partial charge in [0.25, 0.3) is 0 Å². The van der Waals surface area contributed by atoms with Gasteiger partial charge in [0.1, 0.15) is 29.3 Å². The summed E-state index contributed by atoms with van der Waals surface area (Å²) in [6, 6.07) is 7.12. The summed E-state index contributed by atoms with van der Waals surface area (Å²) in [5.74, 6) is -0.495. The summed E-state index contributed by atoms with van der Waals surface area (Å²) in [5, 5.41) is 12.6. The summed E-state index contributed by atoms with van der Waals surface area (Å²) in [6.07, 6.45) is 1.77. The average Bonchev–Trinajstić information content (AvgIpc) is 2.59. The van der Waals surface area contributed by atoms with Gasteiger partial charge in [0.2, 0.25) is 0 Å². The number of phenolic OH excluding ortho intramolecular Hbond substituents is 1. The number of aromatic nitrogens is 2. The lowest BCUT2D eigenvalue weighted by atomic mass is 10.1. The molecular weight excluding hydrogens is 316 g/mol. The Bertz CT molecular complexity index is 887. The van der Waals surface area contributed by atoms with Crippen LogP contribution in [0.3, 0.4) is 0 Å². The number of fused-ring (bicyclic) bond motifs is 1. The van der Waals surface area contributed by atoms with E-state index in [1.807, 2.05) is 0 Å². The molecule has 0 aliphatic heterocycles. The molecule has 0 bridgehead atoms. The van der Waals surface area contributed by atoms with Crippen molar-refractivity contribution < 1.29 is 18.6 Å². The molecule has 0 radical (unpaired) electrons. The molecule has 3 aromatic rings. The Morgan fingerprint density at radius 3 is 2.71 bits per heavy atom. The van der Waals surface area contributed by atoms with Crippen LogP contribution in [0.15, 0.2) is 36.7 Å². The normalized spacial score (nSPS) is 10.8. The van der Waals surface area contributed by atoms with Gasteiger partial charge in [0.05, 0.1) is 12.5 Å². The molecule has 124 valence electrons. The van der Waals surface area contributed by atoms with Crippen molar-refractivity contribution in [2.45, 2.75) is 6.42 Å². The second-order valence-corrected chi connectivity index (χ2v) is 5.16. The third-order valence-electron chi connectivity index (χ3n) is 3.64. The van der Waals surface area contributed by atoms with Gasteiger partial charge in [-0.3, -0.25) is 0 Å². The summed E-state index contributed by atoms with van der Waals surface area (Å²) in [6.45, 7) is 0.440. The number of hydrogen-bond donors (Lipinski definition) is 2. The zero-order valence-electron chi connectivity index (χ0n) is 12.9. The van der Waals surface area contributed by atoms with E-state index in [-0.39, 0.29) is 22.5 Å². The van der Waals surface area contributed by atoms with E-state index in [2.05, 4.69) is 15.3 Å². The number of hydrogen-bond acceptors (Lipinski definition) is 5. The summed E-state index contributed by atoms with van der Waals surface area (Å²) < 4.78 is 32.8. The van der Waals surface area contributed by atoms with Crippen LogP contribution in [0.1, 0.15) is 5.56 Å². The molecule has 0 saturated heterocycles. The average molecular weight is 331 g/mol. The number of anilines is 1. The zero-order chi connectivity index (χ0) is 17.1. The molecule has 0 spiro atoms. The van der Waals surface area contributed by atoms with Crippen LogP contribution in [0.4, 0.5) is 14.6 Å². The van der Waals surface area contributed by atoms with Crippen LogP contribution in [0.25, 0.3) is 10.9 Å². The van der Waals surface area contributed by atoms with E-state index in [0.717, 1.165) is 17.7 Å². The molecule has 0 aliphatic rings. The third-order valence-corrected chi connectivity index (χ3v) is 3.64. The first-order chi connectivity index (χ1) is 11.6. The van der Waals surface area contributed by atoms with Crippen molar-refractivity contribution in [2.75, 3.05) is 19.0 Å². The van der Waals surface area contributed by atoms with E-state index in [1.54, 1.807) is 18.2 Å². The van der Waals surface area contributed by atoms with Crippen LogP contribution in [0.5, 0.6) is 11.5 Å². The van der Waals surface area contributed by atoms with Crippen LogP contribution < -0.4 is 10.1 Å². The Labute approximate surface area is 136 Å². The maximum absolute atomic E-state index is 14.0. The van der Waals surface area contributed by atoms with E-state index in [4.69, 9.17) is 4.74 Å². The zero-order valence-corrected chi connectivity index (χ0v) is 12.9. The molecule has 7 heteroatoms. The first-order valence-electron chi connectivity index (χ1n) is 7.28. The SMILES string of the molecule is COc1cc(CCNc2ncnc3c(F)ccc(F)c23)ccc1O. The smallest absolute Gasteiger partial charge is 0.160 e. The number of phenols is 1. The number of nitrogens with one attached hydrogen (secondary N) is 1.